The monoisotopic (exact) mass is 158 g/mol. The Kier molecular flexibility index (Phi) is 3.52. The molecule has 11 heavy (non-hydrogen) atoms. The van der Waals surface area contributed by atoms with Crippen molar-refractivity contribution in [1.29, 1.82) is 0 Å². The third kappa shape index (κ3) is 2.89. The minimum atomic E-state index is -0.307. The van der Waals surface area contributed by atoms with E-state index >= 15 is 0 Å². The number of hydrogen-bond donors (Lipinski definition) is 1. The average molecular weight is 158 g/mol. The Morgan fingerprint density at radius 2 is 1.91 bits per heavy atom. The zero-order chi connectivity index (χ0) is 9.07. The summed E-state index contributed by atoms with van der Waals surface area (Å²) in [5.74, 6) is 0.142. The van der Waals surface area contributed by atoms with E-state index in [0.29, 0.717) is 6.54 Å². The fourth-order valence-corrected chi connectivity index (χ4v) is 1.07. The second-order valence-electron chi connectivity index (χ2n) is 3.62. The maximum Gasteiger partial charge on any atom is 0.227 e. The van der Waals surface area contributed by atoms with Crippen molar-refractivity contribution in [3.63, 3.8) is 0 Å². The second kappa shape index (κ2) is 3.72. The van der Waals surface area contributed by atoms with Crippen LogP contribution >= 0.6 is 0 Å². The lowest BCUT2D eigenvalue weighted by Crippen LogP contribution is -2.37. The van der Waals surface area contributed by atoms with Crippen LogP contribution in [0, 0.1) is 5.41 Å². The average Bonchev–Trinajstić information content (AvgIpc) is 1.86. The summed E-state index contributed by atoms with van der Waals surface area (Å²) in [6.07, 6.45) is 0.740. The Hall–Kier alpha value is -0.570. The Morgan fingerprint density at radius 3 is 2.18 bits per heavy atom. The van der Waals surface area contributed by atoms with Gasteiger partial charge in [-0.2, -0.15) is 0 Å². The van der Waals surface area contributed by atoms with Crippen molar-refractivity contribution in [3.8, 4) is 0 Å². The van der Waals surface area contributed by atoms with Crippen molar-refractivity contribution in [1.82, 2.24) is 4.90 Å². The van der Waals surface area contributed by atoms with Crippen LogP contribution in [-0.4, -0.2) is 31.4 Å². The molecule has 0 rings (SSSR count). The van der Waals surface area contributed by atoms with Gasteiger partial charge in [-0.1, -0.05) is 13.8 Å². The fraction of sp³-hybridized carbons (Fsp3) is 0.875. The Balaban J connectivity index is 4.17. The van der Waals surface area contributed by atoms with Gasteiger partial charge in [-0.3, -0.25) is 4.79 Å². The number of nitrogens with two attached hydrogens (primary N) is 1. The molecule has 0 heterocycles. The summed E-state index contributed by atoms with van der Waals surface area (Å²) in [6, 6.07) is 0. The molecular formula is C8H18N2O. The van der Waals surface area contributed by atoms with Gasteiger partial charge in [-0.15, -0.1) is 0 Å². The quantitative estimate of drug-likeness (QED) is 0.648. The summed E-state index contributed by atoms with van der Waals surface area (Å²) in [5, 5.41) is 0. The topological polar surface area (TPSA) is 46.3 Å². The lowest BCUT2D eigenvalue weighted by molar-refractivity contribution is -0.137. The van der Waals surface area contributed by atoms with Crippen molar-refractivity contribution in [2.24, 2.45) is 11.1 Å². The highest BCUT2D eigenvalue weighted by Gasteiger charge is 2.27. The van der Waals surface area contributed by atoms with Gasteiger partial charge in [0.05, 0.1) is 0 Å². The highest BCUT2D eigenvalue weighted by Crippen LogP contribution is 2.21. The molecule has 0 aromatic rings. The summed E-state index contributed by atoms with van der Waals surface area (Å²) in [4.78, 5) is 13.0. The highest BCUT2D eigenvalue weighted by atomic mass is 16.2. The number of carbonyl (C=O) groups is 1. The van der Waals surface area contributed by atoms with E-state index in [1.54, 1.807) is 19.0 Å². The largest absolute Gasteiger partial charge is 0.348 e. The van der Waals surface area contributed by atoms with Crippen molar-refractivity contribution in [2.45, 2.75) is 20.3 Å². The SMILES string of the molecule is CN(C)C(=O)C(C)(C)CCN. The van der Waals surface area contributed by atoms with Crippen molar-refractivity contribution in [3.05, 3.63) is 0 Å². The van der Waals surface area contributed by atoms with Gasteiger partial charge in [0, 0.05) is 19.5 Å². The number of hydrogen-bond acceptors (Lipinski definition) is 2. The molecular weight excluding hydrogens is 140 g/mol. The minimum Gasteiger partial charge on any atom is -0.348 e. The molecule has 0 aliphatic rings. The smallest absolute Gasteiger partial charge is 0.227 e. The fourth-order valence-electron chi connectivity index (χ4n) is 1.07. The lowest BCUT2D eigenvalue weighted by Gasteiger charge is -2.26. The van der Waals surface area contributed by atoms with E-state index in [1.165, 1.54) is 0 Å². The van der Waals surface area contributed by atoms with Gasteiger partial charge < -0.3 is 10.6 Å². The van der Waals surface area contributed by atoms with Gasteiger partial charge in [0.25, 0.3) is 0 Å². The minimum absolute atomic E-state index is 0.142. The molecule has 0 saturated carbocycles. The standard InChI is InChI=1S/C8H18N2O/c1-8(2,5-6-9)7(11)10(3)4/h5-6,9H2,1-4H3. The van der Waals surface area contributed by atoms with E-state index in [0.717, 1.165) is 6.42 Å². The van der Waals surface area contributed by atoms with Gasteiger partial charge >= 0.3 is 0 Å². The summed E-state index contributed by atoms with van der Waals surface area (Å²) >= 11 is 0. The molecule has 0 bridgehead atoms. The summed E-state index contributed by atoms with van der Waals surface area (Å²) in [7, 11) is 3.53. The lowest BCUT2D eigenvalue weighted by atomic mass is 9.88. The first-order chi connectivity index (χ1) is 4.91. The predicted octanol–water partition coefficient (Wildman–Crippen LogP) is 0.450. The first-order valence-electron chi connectivity index (χ1n) is 3.83. The molecule has 0 spiro atoms. The molecule has 0 unspecified atom stereocenters. The number of nitrogens with zero attached hydrogens (tertiary/aromatic N) is 1. The summed E-state index contributed by atoms with van der Waals surface area (Å²) < 4.78 is 0. The Labute approximate surface area is 68.6 Å². The molecule has 0 aromatic heterocycles. The number of rotatable bonds is 3. The zero-order valence-corrected chi connectivity index (χ0v) is 7.85. The van der Waals surface area contributed by atoms with Crippen molar-refractivity contribution >= 4 is 5.91 Å². The van der Waals surface area contributed by atoms with Gasteiger partial charge in [0.1, 0.15) is 0 Å². The van der Waals surface area contributed by atoms with Crippen LogP contribution in [0.3, 0.4) is 0 Å². The molecule has 0 aromatic carbocycles. The van der Waals surface area contributed by atoms with E-state index in [-0.39, 0.29) is 11.3 Å². The van der Waals surface area contributed by atoms with E-state index in [9.17, 15) is 4.79 Å². The molecule has 1 amide bonds. The van der Waals surface area contributed by atoms with Crippen LogP contribution < -0.4 is 5.73 Å². The second-order valence-corrected chi connectivity index (χ2v) is 3.62. The maximum absolute atomic E-state index is 11.4. The van der Waals surface area contributed by atoms with Crippen LogP contribution in [0.4, 0.5) is 0 Å². The maximum atomic E-state index is 11.4. The first kappa shape index (κ1) is 10.4. The van der Waals surface area contributed by atoms with E-state index in [4.69, 9.17) is 5.73 Å². The van der Waals surface area contributed by atoms with Gasteiger partial charge in [-0.05, 0) is 13.0 Å². The highest BCUT2D eigenvalue weighted by molar-refractivity contribution is 5.81. The number of carbonyl (C=O) groups excluding carboxylic acids is 1. The van der Waals surface area contributed by atoms with Crippen molar-refractivity contribution < 1.29 is 4.79 Å². The molecule has 0 aliphatic carbocycles. The van der Waals surface area contributed by atoms with Crippen LogP contribution in [0.5, 0.6) is 0 Å². The molecule has 3 heteroatoms. The molecule has 0 fully saturated rings. The van der Waals surface area contributed by atoms with Gasteiger partial charge in [0.2, 0.25) is 5.91 Å². The van der Waals surface area contributed by atoms with Gasteiger partial charge in [0.15, 0.2) is 0 Å². The molecule has 66 valence electrons. The molecule has 0 aliphatic heterocycles. The molecule has 0 radical (unpaired) electrons. The molecule has 0 saturated heterocycles. The first-order valence-corrected chi connectivity index (χ1v) is 3.83. The van der Waals surface area contributed by atoms with Crippen LogP contribution in [0.15, 0.2) is 0 Å². The molecule has 2 N–H and O–H groups in total. The number of amides is 1. The Morgan fingerprint density at radius 1 is 1.45 bits per heavy atom. The predicted molar refractivity (Wildman–Crippen MR) is 46.1 cm³/mol. The zero-order valence-electron chi connectivity index (χ0n) is 7.85. The third-order valence-corrected chi connectivity index (χ3v) is 1.75. The summed E-state index contributed by atoms with van der Waals surface area (Å²) in [5.41, 5.74) is 5.07. The van der Waals surface area contributed by atoms with Crippen LogP contribution in [0.1, 0.15) is 20.3 Å². The van der Waals surface area contributed by atoms with Gasteiger partial charge in [-0.25, -0.2) is 0 Å². The summed E-state index contributed by atoms with van der Waals surface area (Å²) in [6.45, 7) is 4.40. The van der Waals surface area contributed by atoms with Crippen LogP contribution in [0.2, 0.25) is 0 Å². The van der Waals surface area contributed by atoms with Crippen molar-refractivity contribution in [2.75, 3.05) is 20.6 Å². The van der Waals surface area contributed by atoms with E-state index < -0.39 is 0 Å². The van der Waals surface area contributed by atoms with Crippen LogP contribution in [0.25, 0.3) is 0 Å². The van der Waals surface area contributed by atoms with E-state index in [2.05, 4.69) is 0 Å². The van der Waals surface area contributed by atoms with Crippen LogP contribution in [-0.2, 0) is 4.79 Å². The third-order valence-electron chi connectivity index (χ3n) is 1.75. The molecule has 0 atom stereocenters. The Bertz CT molecular complexity index is 141. The normalized spacial score (nSPS) is 11.4. The van der Waals surface area contributed by atoms with E-state index in [1.807, 2.05) is 13.8 Å². The molecule has 3 nitrogen and oxygen atoms in total.